The zero-order valence-electron chi connectivity index (χ0n) is 12.3. The van der Waals surface area contributed by atoms with Crippen molar-refractivity contribution in [2.24, 2.45) is 0 Å². The molecule has 1 aromatic carbocycles. The van der Waals surface area contributed by atoms with Gasteiger partial charge in [-0.2, -0.15) is 0 Å². The Kier molecular flexibility index (Phi) is 4.42. The van der Waals surface area contributed by atoms with Gasteiger partial charge in [0.2, 0.25) is 5.91 Å². The predicted octanol–water partition coefficient (Wildman–Crippen LogP) is 3.29. The SMILES string of the molecule is CC(C)(C)OC(=O)Nc1ccc(Cl)cc1C1CNC(=O)C1. The van der Waals surface area contributed by atoms with Crippen molar-refractivity contribution in [3.8, 4) is 0 Å². The number of ether oxygens (including phenoxy) is 1. The zero-order valence-corrected chi connectivity index (χ0v) is 13.1. The summed E-state index contributed by atoms with van der Waals surface area (Å²) in [6.45, 7) is 5.95. The number of carbonyl (C=O) groups is 2. The number of halogens is 1. The van der Waals surface area contributed by atoms with Gasteiger partial charge < -0.3 is 10.1 Å². The molecule has 0 aliphatic carbocycles. The Bertz CT molecular complexity index is 567. The van der Waals surface area contributed by atoms with Gasteiger partial charge in [-0.1, -0.05) is 11.6 Å². The van der Waals surface area contributed by atoms with Gasteiger partial charge in [-0.25, -0.2) is 4.79 Å². The summed E-state index contributed by atoms with van der Waals surface area (Å²) in [7, 11) is 0. The van der Waals surface area contributed by atoms with E-state index in [9.17, 15) is 9.59 Å². The summed E-state index contributed by atoms with van der Waals surface area (Å²) < 4.78 is 5.25. The standard InChI is InChI=1S/C15H19ClN2O3/c1-15(2,3)21-14(20)18-12-5-4-10(16)7-11(12)9-6-13(19)17-8-9/h4-5,7,9H,6,8H2,1-3H3,(H,17,19)(H,18,20). The molecule has 0 spiro atoms. The summed E-state index contributed by atoms with van der Waals surface area (Å²) in [6.07, 6.45) is -0.132. The third-order valence-corrected chi connectivity index (χ3v) is 3.30. The van der Waals surface area contributed by atoms with Crippen molar-refractivity contribution in [2.45, 2.75) is 38.7 Å². The highest BCUT2D eigenvalue weighted by molar-refractivity contribution is 6.30. The fraction of sp³-hybridized carbons (Fsp3) is 0.467. The summed E-state index contributed by atoms with van der Waals surface area (Å²) in [5.74, 6) is 0.00401. The number of carbonyl (C=O) groups excluding carboxylic acids is 2. The fourth-order valence-corrected chi connectivity index (χ4v) is 2.40. The van der Waals surface area contributed by atoms with Crippen LogP contribution in [-0.4, -0.2) is 24.1 Å². The lowest BCUT2D eigenvalue weighted by atomic mass is 9.96. The quantitative estimate of drug-likeness (QED) is 0.880. The minimum atomic E-state index is -0.568. The minimum Gasteiger partial charge on any atom is -0.444 e. The molecule has 0 saturated carbocycles. The van der Waals surface area contributed by atoms with Gasteiger partial charge in [0.15, 0.2) is 0 Å². The molecule has 0 bridgehead atoms. The molecule has 0 radical (unpaired) electrons. The number of nitrogens with one attached hydrogen (secondary N) is 2. The van der Waals surface area contributed by atoms with Crippen molar-refractivity contribution in [2.75, 3.05) is 11.9 Å². The maximum Gasteiger partial charge on any atom is 0.412 e. The van der Waals surface area contributed by atoms with E-state index in [4.69, 9.17) is 16.3 Å². The van der Waals surface area contributed by atoms with E-state index < -0.39 is 11.7 Å². The van der Waals surface area contributed by atoms with Crippen LogP contribution >= 0.6 is 11.6 Å². The molecule has 1 unspecified atom stereocenters. The molecule has 6 heteroatoms. The Morgan fingerprint density at radius 1 is 1.43 bits per heavy atom. The molecule has 2 amide bonds. The summed E-state index contributed by atoms with van der Waals surface area (Å²) in [5, 5.41) is 6.08. The third-order valence-electron chi connectivity index (χ3n) is 3.07. The average Bonchev–Trinajstić information content (AvgIpc) is 2.75. The average molecular weight is 311 g/mol. The van der Waals surface area contributed by atoms with Crippen molar-refractivity contribution in [1.29, 1.82) is 0 Å². The first kappa shape index (κ1) is 15.6. The van der Waals surface area contributed by atoms with Gasteiger partial charge in [-0.3, -0.25) is 10.1 Å². The molecule has 0 aromatic heterocycles. The Morgan fingerprint density at radius 3 is 2.71 bits per heavy atom. The van der Waals surface area contributed by atoms with Crippen LogP contribution in [-0.2, 0) is 9.53 Å². The molecule has 1 aliphatic rings. The first-order valence-corrected chi connectivity index (χ1v) is 7.18. The summed E-state index contributed by atoms with van der Waals surface area (Å²) in [5.41, 5.74) is 0.892. The van der Waals surface area contributed by atoms with E-state index in [1.807, 2.05) is 0 Å². The van der Waals surface area contributed by atoms with Crippen LogP contribution in [0.3, 0.4) is 0 Å². The van der Waals surface area contributed by atoms with E-state index in [-0.39, 0.29) is 11.8 Å². The second-order valence-electron chi connectivity index (χ2n) is 6.06. The number of hydrogen-bond acceptors (Lipinski definition) is 3. The van der Waals surface area contributed by atoms with Crippen LogP contribution in [0.1, 0.15) is 38.7 Å². The lowest BCUT2D eigenvalue weighted by molar-refractivity contribution is -0.119. The number of hydrogen-bond donors (Lipinski definition) is 2. The van der Waals surface area contributed by atoms with Gasteiger partial charge in [0.1, 0.15) is 5.60 Å². The summed E-state index contributed by atoms with van der Waals surface area (Å²) in [6, 6.07) is 5.20. The van der Waals surface area contributed by atoms with Crippen LogP contribution in [0.5, 0.6) is 0 Å². The van der Waals surface area contributed by atoms with Crippen molar-refractivity contribution >= 4 is 29.3 Å². The molecule has 1 atom stereocenters. The van der Waals surface area contributed by atoms with E-state index in [1.54, 1.807) is 39.0 Å². The Hall–Kier alpha value is -1.75. The highest BCUT2D eigenvalue weighted by Gasteiger charge is 2.26. The van der Waals surface area contributed by atoms with Crippen molar-refractivity contribution < 1.29 is 14.3 Å². The molecule has 1 aromatic rings. The number of rotatable bonds is 2. The molecule has 21 heavy (non-hydrogen) atoms. The van der Waals surface area contributed by atoms with Crippen LogP contribution < -0.4 is 10.6 Å². The smallest absolute Gasteiger partial charge is 0.412 e. The largest absolute Gasteiger partial charge is 0.444 e. The Labute approximate surface area is 129 Å². The summed E-state index contributed by atoms with van der Waals surface area (Å²) in [4.78, 5) is 23.3. The first-order chi connectivity index (χ1) is 9.74. The van der Waals surface area contributed by atoms with Crippen LogP contribution in [0, 0.1) is 0 Å². The van der Waals surface area contributed by atoms with Gasteiger partial charge in [-0.05, 0) is 44.5 Å². The maximum absolute atomic E-state index is 11.9. The van der Waals surface area contributed by atoms with Gasteiger partial charge in [0.25, 0.3) is 0 Å². The maximum atomic E-state index is 11.9. The van der Waals surface area contributed by atoms with Crippen molar-refractivity contribution in [3.05, 3.63) is 28.8 Å². The van der Waals surface area contributed by atoms with Crippen LogP contribution in [0.15, 0.2) is 18.2 Å². The van der Waals surface area contributed by atoms with Gasteiger partial charge >= 0.3 is 6.09 Å². The molecule has 5 nitrogen and oxygen atoms in total. The highest BCUT2D eigenvalue weighted by Crippen LogP contribution is 2.32. The van der Waals surface area contributed by atoms with Gasteiger partial charge in [-0.15, -0.1) is 0 Å². The van der Waals surface area contributed by atoms with E-state index in [1.165, 1.54) is 0 Å². The molecule has 2 rings (SSSR count). The molecular weight excluding hydrogens is 292 g/mol. The Balaban J connectivity index is 2.19. The molecule has 1 saturated heterocycles. The molecule has 114 valence electrons. The predicted molar refractivity (Wildman–Crippen MR) is 81.7 cm³/mol. The van der Waals surface area contributed by atoms with Crippen molar-refractivity contribution in [3.63, 3.8) is 0 Å². The number of anilines is 1. The normalized spacial score (nSPS) is 18.3. The van der Waals surface area contributed by atoms with Crippen molar-refractivity contribution in [1.82, 2.24) is 5.32 Å². The lowest BCUT2D eigenvalue weighted by Gasteiger charge is -2.21. The fourth-order valence-electron chi connectivity index (χ4n) is 2.22. The number of amides is 2. The van der Waals surface area contributed by atoms with Crippen LogP contribution in [0.25, 0.3) is 0 Å². The van der Waals surface area contributed by atoms with Gasteiger partial charge in [0, 0.05) is 29.6 Å². The van der Waals surface area contributed by atoms with Crippen LogP contribution in [0.4, 0.5) is 10.5 Å². The highest BCUT2D eigenvalue weighted by atomic mass is 35.5. The zero-order chi connectivity index (χ0) is 15.6. The van der Waals surface area contributed by atoms with E-state index in [0.29, 0.717) is 23.7 Å². The number of benzene rings is 1. The summed E-state index contributed by atoms with van der Waals surface area (Å²) >= 11 is 6.03. The van der Waals surface area contributed by atoms with E-state index >= 15 is 0 Å². The minimum absolute atomic E-state index is 0.00105. The Morgan fingerprint density at radius 2 is 2.14 bits per heavy atom. The lowest BCUT2D eigenvalue weighted by Crippen LogP contribution is -2.27. The third kappa shape index (κ3) is 4.36. The second kappa shape index (κ2) is 5.93. The topological polar surface area (TPSA) is 67.4 Å². The van der Waals surface area contributed by atoms with Gasteiger partial charge in [0.05, 0.1) is 0 Å². The second-order valence-corrected chi connectivity index (χ2v) is 6.50. The molecule has 2 N–H and O–H groups in total. The van der Waals surface area contributed by atoms with Crippen LogP contribution in [0.2, 0.25) is 5.02 Å². The molecule has 1 fully saturated rings. The molecular formula is C15H19ClN2O3. The molecule has 1 aliphatic heterocycles. The van der Waals surface area contributed by atoms with E-state index in [2.05, 4.69) is 10.6 Å². The molecule has 1 heterocycles. The monoisotopic (exact) mass is 310 g/mol. The van der Waals surface area contributed by atoms with E-state index in [0.717, 1.165) is 5.56 Å². The first-order valence-electron chi connectivity index (χ1n) is 6.81.